The topological polar surface area (TPSA) is 75.1 Å². The lowest BCUT2D eigenvalue weighted by Gasteiger charge is -2.15. The number of anilines is 1. The van der Waals surface area contributed by atoms with Crippen molar-refractivity contribution in [2.24, 2.45) is 0 Å². The average molecular weight is 251 g/mol. The van der Waals surface area contributed by atoms with Crippen LogP contribution in [-0.4, -0.2) is 27.1 Å². The first-order valence-corrected chi connectivity index (χ1v) is 6.19. The zero-order valence-electron chi connectivity index (χ0n) is 11.6. The molecule has 0 radical (unpaired) electrons. The lowest BCUT2D eigenvalue weighted by molar-refractivity contribution is -0.137. The second-order valence-corrected chi connectivity index (χ2v) is 5.05. The maximum Gasteiger partial charge on any atom is 0.325 e. The van der Waals surface area contributed by atoms with E-state index in [1.807, 2.05) is 19.9 Å². The molecule has 1 atom stereocenters. The predicted molar refractivity (Wildman–Crippen MR) is 70.9 cm³/mol. The standard InChI is InChI=1S/C13H21N3O2/c1-7(2)10-6-11(14-9(5)13(17)18)16-12(15-10)8(3)4/h6-9H,1-5H3,(H,17,18)(H,14,15,16)/t9-/m1/s1. The van der Waals surface area contributed by atoms with Gasteiger partial charge in [-0.15, -0.1) is 0 Å². The predicted octanol–water partition coefficient (Wildman–Crippen LogP) is 2.61. The third-order valence-corrected chi connectivity index (χ3v) is 2.61. The third-order valence-electron chi connectivity index (χ3n) is 2.61. The maximum atomic E-state index is 10.8. The molecule has 0 saturated heterocycles. The normalized spacial score (nSPS) is 12.8. The van der Waals surface area contributed by atoms with E-state index in [0.29, 0.717) is 5.82 Å². The van der Waals surface area contributed by atoms with E-state index >= 15 is 0 Å². The van der Waals surface area contributed by atoms with Gasteiger partial charge in [0.05, 0.1) is 0 Å². The second-order valence-electron chi connectivity index (χ2n) is 5.05. The molecular weight excluding hydrogens is 230 g/mol. The van der Waals surface area contributed by atoms with Crippen LogP contribution in [-0.2, 0) is 4.79 Å². The molecule has 1 aromatic heterocycles. The number of hydrogen-bond acceptors (Lipinski definition) is 4. The van der Waals surface area contributed by atoms with Gasteiger partial charge in [0.2, 0.25) is 0 Å². The highest BCUT2D eigenvalue weighted by atomic mass is 16.4. The number of aliphatic carboxylic acids is 1. The van der Waals surface area contributed by atoms with Gasteiger partial charge >= 0.3 is 5.97 Å². The number of carboxylic acids is 1. The van der Waals surface area contributed by atoms with Crippen LogP contribution in [0.4, 0.5) is 5.82 Å². The fourth-order valence-electron chi connectivity index (χ4n) is 1.40. The van der Waals surface area contributed by atoms with Crippen LogP contribution >= 0.6 is 0 Å². The van der Waals surface area contributed by atoms with Crippen LogP contribution in [0.1, 0.15) is 58.0 Å². The van der Waals surface area contributed by atoms with Crippen molar-refractivity contribution in [3.8, 4) is 0 Å². The van der Waals surface area contributed by atoms with Gasteiger partial charge in [-0.2, -0.15) is 0 Å². The number of nitrogens with one attached hydrogen (secondary N) is 1. The summed E-state index contributed by atoms with van der Waals surface area (Å²) in [5, 5.41) is 11.8. The Kier molecular flexibility index (Phi) is 4.64. The summed E-state index contributed by atoms with van der Waals surface area (Å²) in [6.45, 7) is 9.73. The lowest BCUT2D eigenvalue weighted by atomic mass is 10.1. The van der Waals surface area contributed by atoms with Crippen molar-refractivity contribution in [1.29, 1.82) is 0 Å². The van der Waals surface area contributed by atoms with E-state index in [4.69, 9.17) is 5.11 Å². The first-order chi connectivity index (χ1) is 8.31. The minimum absolute atomic E-state index is 0.212. The van der Waals surface area contributed by atoms with Crippen molar-refractivity contribution in [2.75, 3.05) is 5.32 Å². The van der Waals surface area contributed by atoms with Crippen LogP contribution < -0.4 is 5.32 Å². The molecule has 0 saturated carbocycles. The van der Waals surface area contributed by atoms with Crippen molar-refractivity contribution in [1.82, 2.24) is 9.97 Å². The Morgan fingerprint density at radius 1 is 1.17 bits per heavy atom. The van der Waals surface area contributed by atoms with Crippen LogP contribution in [0.3, 0.4) is 0 Å². The summed E-state index contributed by atoms with van der Waals surface area (Å²) in [5.74, 6) is 0.912. The Morgan fingerprint density at radius 2 is 1.78 bits per heavy atom. The summed E-state index contributed by atoms with van der Waals surface area (Å²) in [6, 6.07) is 1.15. The molecule has 5 nitrogen and oxygen atoms in total. The number of carboxylic acid groups (broad SMARTS) is 1. The Labute approximate surface area is 108 Å². The number of carbonyl (C=O) groups is 1. The van der Waals surface area contributed by atoms with Gasteiger partial charge in [0, 0.05) is 17.7 Å². The van der Waals surface area contributed by atoms with E-state index in [0.717, 1.165) is 11.5 Å². The van der Waals surface area contributed by atoms with Crippen molar-refractivity contribution in [3.63, 3.8) is 0 Å². The van der Waals surface area contributed by atoms with E-state index in [1.165, 1.54) is 0 Å². The SMILES string of the molecule is CC(C)c1cc(N[C@H](C)C(=O)O)nc(C(C)C)n1. The molecule has 1 aromatic rings. The summed E-state index contributed by atoms with van der Waals surface area (Å²) in [6.07, 6.45) is 0. The van der Waals surface area contributed by atoms with Gasteiger partial charge in [0.15, 0.2) is 0 Å². The molecule has 1 rings (SSSR count). The highest BCUT2D eigenvalue weighted by molar-refractivity contribution is 5.76. The molecule has 0 aromatic carbocycles. The van der Waals surface area contributed by atoms with Gasteiger partial charge in [-0.25, -0.2) is 9.97 Å². The monoisotopic (exact) mass is 251 g/mol. The van der Waals surface area contributed by atoms with E-state index in [2.05, 4.69) is 29.1 Å². The van der Waals surface area contributed by atoms with Gasteiger partial charge in [0.25, 0.3) is 0 Å². The molecule has 0 amide bonds. The summed E-state index contributed by atoms with van der Waals surface area (Å²) >= 11 is 0. The Bertz CT molecular complexity index is 404. The van der Waals surface area contributed by atoms with Gasteiger partial charge in [0.1, 0.15) is 17.7 Å². The van der Waals surface area contributed by atoms with Crippen molar-refractivity contribution < 1.29 is 9.90 Å². The highest BCUT2D eigenvalue weighted by Crippen LogP contribution is 2.19. The molecule has 0 aliphatic heterocycles. The second kappa shape index (κ2) is 5.80. The smallest absolute Gasteiger partial charge is 0.325 e. The highest BCUT2D eigenvalue weighted by Gasteiger charge is 2.14. The van der Waals surface area contributed by atoms with Crippen LogP contribution in [0.15, 0.2) is 6.07 Å². The number of aromatic nitrogens is 2. The first kappa shape index (κ1) is 14.4. The van der Waals surface area contributed by atoms with Crippen molar-refractivity contribution >= 4 is 11.8 Å². The minimum Gasteiger partial charge on any atom is -0.480 e. The summed E-state index contributed by atoms with van der Waals surface area (Å²) < 4.78 is 0. The molecule has 0 bridgehead atoms. The summed E-state index contributed by atoms with van der Waals surface area (Å²) in [4.78, 5) is 19.7. The summed E-state index contributed by atoms with van der Waals surface area (Å²) in [7, 11) is 0. The number of rotatable bonds is 5. The Morgan fingerprint density at radius 3 is 2.22 bits per heavy atom. The van der Waals surface area contributed by atoms with Crippen molar-refractivity contribution in [3.05, 3.63) is 17.6 Å². The lowest BCUT2D eigenvalue weighted by Crippen LogP contribution is -2.26. The summed E-state index contributed by atoms with van der Waals surface area (Å²) in [5.41, 5.74) is 0.925. The van der Waals surface area contributed by atoms with E-state index in [9.17, 15) is 4.79 Å². The van der Waals surface area contributed by atoms with Crippen LogP contribution in [0.2, 0.25) is 0 Å². The quantitative estimate of drug-likeness (QED) is 0.841. The fourth-order valence-corrected chi connectivity index (χ4v) is 1.40. The fraction of sp³-hybridized carbons (Fsp3) is 0.615. The van der Waals surface area contributed by atoms with Gasteiger partial charge < -0.3 is 10.4 Å². The van der Waals surface area contributed by atoms with Crippen LogP contribution in [0.5, 0.6) is 0 Å². The molecule has 0 aliphatic carbocycles. The van der Waals surface area contributed by atoms with Crippen LogP contribution in [0, 0.1) is 0 Å². The Hall–Kier alpha value is -1.65. The molecule has 0 spiro atoms. The molecule has 100 valence electrons. The van der Waals surface area contributed by atoms with E-state index in [1.54, 1.807) is 6.92 Å². The molecule has 0 fully saturated rings. The zero-order chi connectivity index (χ0) is 13.9. The van der Waals surface area contributed by atoms with E-state index in [-0.39, 0.29) is 11.8 Å². The Balaban J connectivity index is 3.07. The zero-order valence-corrected chi connectivity index (χ0v) is 11.6. The molecule has 5 heteroatoms. The van der Waals surface area contributed by atoms with Gasteiger partial charge in [-0.05, 0) is 12.8 Å². The minimum atomic E-state index is -0.897. The molecule has 18 heavy (non-hydrogen) atoms. The number of hydrogen-bond donors (Lipinski definition) is 2. The largest absolute Gasteiger partial charge is 0.480 e. The molecule has 0 unspecified atom stereocenters. The molecule has 1 heterocycles. The van der Waals surface area contributed by atoms with Crippen molar-refractivity contribution in [2.45, 2.75) is 52.5 Å². The van der Waals surface area contributed by atoms with E-state index < -0.39 is 12.0 Å². The average Bonchev–Trinajstić information content (AvgIpc) is 2.28. The maximum absolute atomic E-state index is 10.8. The number of nitrogens with zero attached hydrogens (tertiary/aromatic N) is 2. The molecular formula is C13H21N3O2. The van der Waals surface area contributed by atoms with Gasteiger partial charge in [-0.3, -0.25) is 4.79 Å². The first-order valence-electron chi connectivity index (χ1n) is 6.19. The van der Waals surface area contributed by atoms with Gasteiger partial charge in [-0.1, -0.05) is 27.7 Å². The van der Waals surface area contributed by atoms with Crippen LogP contribution in [0.25, 0.3) is 0 Å². The molecule has 2 N–H and O–H groups in total. The molecule has 0 aliphatic rings. The third kappa shape index (κ3) is 3.68.